The van der Waals surface area contributed by atoms with Gasteiger partial charge in [0.05, 0.1) is 12.6 Å². The van der Waals surface area contributed by atoms with Crippen LogP contribution in [-0.2, 0) is 4.79 Å². The SMILES string of the molecule is CCN(C(=O)N(C)C(C)CO)C(C)(C)C(=O)O. The Bertz CT molecular complexity index is 291. The molecule has 0 aromatic carbocycles. The highest BCUT2D eigenvalue weighted by Crippen LogP contribution is 2.17. The van der Waals surface area contributed by atoms with Crippen molar-refractivity contribution in [2.75, 3.05) is 20.2 Å². The van der Waals surface area contributed by atoms with Gasteiger partial charge in [0.1, 0.15) is 5.54 Å². The van der Waals surface area contributed by atoms with E-state index in [2.05, 4.69) is 0 Å². The predicted molar refractivity (Wildman–Crippen MR) is 63.8 cm³/mol. The number of likely N-dealkylation sites (N-methyl/N-ethyl adjacent to an activating group) is 2. The maximum Gasteiger partial charge on any atom is 0.329 e. The maximum absolute atomic E-state index is 12.1. The minimum Gasteiger partial charge on any atom is -0.480 e. The number of nitrogens with zero attached hydrogens (tertiary/aromatic N) is 2. The molecule has 0 fully saturated rings. The Morgan fingerprint density at radius 3 is 2.12 bits per heavy atom. The summed E-state index contributed by atoms with van der Waals surface area (Å²) in [5.74, 6) is -1.06. The third kappa shape index (κ3) is 3.33. The Morgan fingerprint density at radius 2 is 1.82 bits per heavy atom. The molecular weight excluding hydrogens is 224 g/mol. The molecule has 0 spiro atoms. The zero-order valence-corrected chi connectivity index (χ0v) is 11.1. The van der Waals surface area contributed by atoms with Crippen molar-refractivity contribution in [1.29, 1.82) is 0 Å². The predicted octanol–water partition coefficient (Wildman–Crippen LogP) is 0.604. The van der Waals surface area contributed by atoms with Crippen molar-refractivity contribution in [3.05, 3.63) is 0 Å². The van der Waals surface area contributed by atoms with Gasteiger partial charge in [0.15, 0.2) is 0 Å². The van der Waals surface area contributed by atoms with Gasteiger partial charge >= 0.3 is 12.0 Å². The molecule has 2 N–H and O–H groups in total. The average molecular weight is 246 g/mol. The lowest BCUT2D eigenvalue weighted by molar-refractivity contribution is -0.147. The van der Waals surface area contributed by atoms with E-state index in [1.807, 2.05) is 0 Å². The number of aliphatic hydroxyl groups is 1. The van der Waals surface area contributed by atoms with Crippen molar-refractivity contribution in [3.63, 3.8) is 0 Å². The summed E-state index contributed by atoms with van der Waals surface area (Å²) in [7, 11) is 1.55. The van der Waals surface area contributed by atoms with E-state index in [9.17, 15) is 9.59 Å². The van der Waals surface area contributed by atoms with E-state index in [4.69, 9.17) is 10.2 Å². The molecule has 1 atom stereocenters. The Labute approximate surface area is 102 Å². The lowest BCUT2D eigenvalue weighted by Gasteiger charge is -2.38. The van der Waals surface area contributed by atoms with Crippen LogP contribution in [0.25, 0.3) is 0 Å². The number of aliphatic carboxylic acids is 1. The van der Waals surface area contributed by atoms with Gasteiger partial charge in [-0.1, -0.05) is 0 Å². The van der Waals surface area contributed by atoms with Crippen LogP contribution >= 0.6 is 0 Å². The third-order valence-electron chi connectivity index (χ3n) is 2.97. The van der Waals surface area contributed by atoms with Crippen LogP contribution in [0.2, 0.25) is 0 Å². The zero-order chi connectivity index (χ0) is 13.8. The van der Waals surface area contributed by atoms with E-state index < -0.39 is 17.5 Å². The topological polar surface area (TPSA) is 81.1 Å². The second kappa shape index (κ2) is 5.86. The molecule has 0 aliphatic heterocycles. The highest BCUT2D eigenvalue weighted by Gasteiger charge is 2.38. The lowest BCUT2D eigenvalue weighted by atomic mass is 10.0. The molecule has 6 heteroatoms. The number of carbonyl (C=O) groups is 2. The number of hydrogen-bond acceptors (Lipinski definition) is 3. The maximum atomic E-state index is 12.1. The van der Waals surface area contributed by atoms with E-state index in [0.717, 1.165) is 0 Å². The van der Waals surface area contributed by atoms with Crippen molar-refractivity contribution in [2.45, 2.75) is 39.3 Å². The molecule has 0 aromatic rings. The summed E-state index contributed by atoms with van der Waals surface area (Å²) >= 11 is 0. The van der Waals surface area contributed by atoms with Crippen LogP contribution in [0.5, 0.6) is 0 Å². The van der Waals surface area contributed by atoms with Crippen molar-refractivity contribution < 1.29 is 19.8 Å². The standard InChI is InChI=1S/C11H22N2O4/c1-6-13(11(3,4)9(15)16)10(17)12(5)8(2)7-14/h8,14H,6-7H2,1-5H3,(H,15,16). The molecule has 6 nitrogen and oxygen atoms in total. The molecule has 0 aliphatic rings. The number of carboxylic acids is 1. The molecule has 100 valence electrons. The molecule has 0 radical (unpaired) electrons. The van der Waals surface area contributed by atoms with Crippen molar-refractivity contribution in [2.24, 2.45) is 0 Å². The molecule has 0 bridgehead atoms. The van der Waals surface area contributed by atoms with Gasteiger partial charge in [0.2, 0.25) is 0 Å². The molecule has 0 saturated carbocycles. The number of aliphatic hydroxyl groups excluding tert-OH is 1. The minimum atomic E-state index is -1.27. The van der Waals surface area contributed by atoms with Gasteiger partial charge in [-0.25, -0.2) is 9.59 Å². The summed E-state index contributed by atoms with van der Waals surface area (Å²) in [6.45, 7) is 6.51. The summed E-state index contributed by atoms with van der Waals surface area (Å²) in [5.41, 5.74) is -1.27. The van der Waals surface area contributed by atoms with Gasteiger partial charge in [-0.15, -0.1) is 0 Å². The first-order valence-electron chi connectivity index (χ1n) is 5.58. The van der Waals surface area contributed by atoms with Crippen LogP contribution in [0.15, 0.2) is 0 Å². The first-order chi connectivity index (χ1) is 7.69. The zero-order valence-electron chi connectivity index (χ0n) is 11.1. The van der Waals surface area contributed by atoms with E-state index in [-0.39, 0.29) is 12.6 Å². The fourth-order valence-electron chi connectivity index (χ4n) is 1.39. The van der Waals surface area contributed by atoms with Crippen molar-refractivity contribution in [1.82, 2.24) is 9.80 Å². The molecule has 1 unspecified atom stereocenters. The van der Waals surface area contributed by atoms with Crippen LogP contribution in [0.3, 0.4) is 0 Å². The molecule has 17 heavy (non-hydrogen) atoms. The molecule has 0 saturated heterocycles. The highest BCUT2D eigenvalue weighted by molar-refractivity contribution is 5.85. The number of rotatable bonds is 5. The Morgan fingerprint density at radius 1 is 1.35 bits per heavy atom. The summed E-state index contributed by atoms with van der Waals surface area (Å²) in [6.07, 6.45) is 0. The fourth-order valence-corrected chi connectivity index (χ4v) is 1.39. The lowest BCUT2D eigenvalue weighted by Crippen LogP contribution is -2.57. The summed E-state index contributed by atoms with van der Waals surface area (Å²) in [6, 6.07) is -0.748. The fraction of sp³-hybridized carbons (Fsp3) is 0.818. The number of amides is 2. The highest BCUT2D eigenvalue weighted by atomic mass is 16.4. The van der Waals surface area contributed by atoms with Crippen LogP contribution < -0.4 is 0 Å². The van der Waals surface area contributed by atoms with E-state index in [0.29, 0.717) is 6.54 Å². The Kier molecular flexibility index (Phi) is 5.41. The Hall–Kier alpha value is -1.30. The summed E-state index contributed by atoms with van der Waals surface area (Å²) in [4.78, 5) is 25.8. The quantitative estimate of drug-likeness (QED) is 0.744. The van der Waals surface area contributed by atoms with Gasteiger partial charge in [-0.3, -0.25) is 0 Å². The van der Waals surface area contributed by atoms with Crippen LogP contribution in [0, 0.1) is 0 Å². The van der Waals surface area contributed by atoms with Gasteiger partial charge in [-0.05, 0) is 27.7 Å². The van der Waals surface area contributed by atoms with Gasteiger partial charge in [0, 0.05) is 13.6 Å². The van der Waals surface area contributed by atoms with E-state index in [1.54, 1.807) is 20.9 Å². The smallest absolute Gasteiger partial charge is 0.329 e. The second-order valence-corrected chi connectivity index (χ2v) is 4.53. The summed E-state index contributed by atoms with van der Waals surface area (Å²) < 4.78 is 0. The van der Waals surface area contributed by atoms with Gasteiger partial charge in [-0.2, -0.15) is 0 Å². The summed E-state index contributed by atoms with van der Waals surface area (Å²) in [5, 5.41) is 18.1. The first-order valence-corrected chi connectivity index (χ1v) is 5.58. The minimum absolute atomic E-state index is 0.159. The monoisotopic (exact) mass is 246 g/mol. The number of carboxylic acid groups (broad SMARTS) is 1. The molecule has 0 aromatic heterocycles. The molecular formula is C11H22N2O4. The molecule has 0 heterocycles. The number of carbonyl (C=O) groups excluding carboxylic acids is 1. The van der Waals surface area contributed by atoms with E-state index in [1.165, 1.54) is 23.6 Å². The van der Waals surface area contributed by atoms with Gasteiger partial charge in [0.25, 0.3) is 0 Å². The largest absolute Gasteiger partial charge is 0.480 e. The molecule has 0 rings (SSSR count). The van der Waals surface area contributed by atoms with E-state index >= 15 is 0 Å². The second-order valence-electron chi connectivity index (χ2n) is 4.53. The molecule has 2 amide bonds. The Balaban J connectivity index is 5.02. The normalized spacial score (nSPS) is 13.1. The first kappa shape index (κ1) is 15.7. The van der Waals surface area contributed by atoms with Crippen LogP contribution in [-0.4, -0.2) is 63.8 Å². The number of urea groups is 1. The van der Waals surface area contributed by atoms with Crippen molar-refractivity contribution in [3.8, 4) is 0 Å². The van der Waals surface area contributed by atoms with Crippen molar-refractivity contribution >= 4 is 12.0 Å². The third-order valence-corrected chi connectivity index (χ3v) is 2.97. The van der Waals surface area contributed by atoms with Crippen LogP contribution in [0.1, 0.15) is 27.7 Å². The van der Waals surface area contributed by atoms with Gasteiger partial charge < -0.3 is 20.0 Å². The molecule has 0 aliphatic carbocycles. The van der Waals surface area contributed by atoms with Crippen LogP contribution in [0.4, 0.5) is 4.79 Å². The average Bonchev–Trinajstić information content (AvgIpc) is 2.27. The number of hydrogen-bond donors (Lipinski definition) is 2.